The maximum Gasteiger partial charge on any atom is 0.240 e. The lowest BCUT2D eigenvalue weighted by Crippen LogP contribution is -2.38. The molecule has 5 nitrogen and oxygen atoms in total. The van der Waals surface area contributed by atoms with Gasteiger partial charge in [0.1, 0.15) is 0 Å². The van der Waals surface area contributed by atoms with Gasteiger partial charge in [-0.25, -0.2) is 13.1 Å². The molecule has 0 heterocycles. The zero-order valence-electron chi connectivity index (χ0n) is 11.1. The van der Waals surface area contributed by atoms with Crippen molar-refractivity contribution in [3.63, 3.8) is 0 Å². The third-order valence-corrected chi connectivity index (χ3v) is 5.08. The van der Waals surface area contributed by atoms with E-state index in [4.69, 9.17) is 22.4 Å². The SMILES string of the molecule is Cc1c(N)cc(S(=O)(=O)NC(C)C(C)CO)cc1Cl. The molecule has 108 valence electrons. The summed E-state index contributed by atoms with van der Waals surface area (Å²) in [6, 6.07) is 2.35. The Kier molecular flexibility index (Phi) is 5.20. The molecule has 0 aliphatic carbocycles. The zero-order valence-corrected chi connectivity index (χ0v) is 12.7. The Morgan fingerprint density at radius 2 is 2.00 bits per heavy atom. The van der Waals surface area contributed by atoms with Crippen LogP contribution in [0.2, 0.25) is 5.02 Å². The van der Waals surface area contributed by atoms with E-state index in [0.29, 0.717) is 16.3 Å². The second-order valence-corrected chi connectivity index (χ2v) is 6.81. The van der Waals surface area contributed by atoms with Crippen LogP contribution in [-0.2, 0) is 10.0 Å². The minimum atomic E-state index is -3.70. The van der Waals surface area contributed by atoms with Crippen LogP contribution in [0.25, 0.3) is 0 Å². The number of nitrogen functional groups attached to an aromatic ring is 1. The van der Waals surface area contributed by atoms with Crippen molar-refractivity contribution in [3.05, 3.63) is 22.7 Å². The van der Waals surface area contributed by atoms with E-state index in [2.05, 4.69) is 4.72 Å². The minimum Gasteiger partial charge on any atom is -0.398 e. The fraction of sp³-hybridized carbons (Fsp3) is 0.500. The Morgan fingerprint density at radius 1 is 1.42 bits per heavy atom. The van der Waals surface area contributed by atoms with Gasteiger partial charge in [-0.05, 0) is 37.5 Å². The Labute approximate surface area is 118 Å². The van der Waals surface area contributed by atoms with Gasteiger partial charge in [0, 0.05) is 23.4 Å². The number of nitrogens with one attached hydrogen (secondary N) is 1. The normalized spacial score (nSPS) is 15.2. The molecule has 1 aromatic rings. The van der Waals surface area contributed by atoms with Gasteiger partial charge in [-0.2, -0.15) is 0 Å². The molecular weight excluding hydrogens is 288 g/mol. The first-order valence-corrected chi connectivity index (χ1v) is 7.74. The average Bonchev–Trinajstić information content (AvgIpc) is 2.33. The van der Waals surface area contributed by atoms with Crippen molar-refractivity contribution in [2.24, 2.45) is 5.92 Å². The van der Waals surface area contributed by atoms with E-state index in [1.54, 1.807) is 20.8 Å². The molecule has 1 rings (SSSR count). The van der Waals surface area contributed by atoms with Crippen LogP contribution in [0.1, 0.15) is 19.4 Å². The third kappa shape index (κ3) is 3.82. The van der Waals surface area contributed by atoms with Crippen molar-refractivity contribution < 1.29 is 13.5 Å². The summed E-state index contributed by atoms with van der Waals surface area (Å²) in [6.45, 7) is 5.07. The number of halogens is 1. The molecule has 4 N–H and O–H groups in total. The standard InChI is InChI=1S/C12H19ClN2O3S/c1-7(6-16)9(3)15-19(17,18)10-4-11(13)8(2)12(14)5-10/h4-5,7,9,15-16H,6,14H2,1-3H3. The van der Waals surface area contributed by atoms with Crippen LogP contribution in [0.3, 0.4) is 0 Å². The highest BCUT2D eigenvalue weighted by Gasteiger charge is 2.22. The monoisotopic (exact) mass is 306 g/mol. The molecule has 7 heteroatoms. The maximum absolute atomic E-state index is 12.2. The van der Waals surface area contributed by atoms with Crippen LogP contribution < -0.4 is 10.5 Å². The number of sulfonamides is 1. The Hall–Kier alpha value is -0.820. The highest BCUT2D eigenvalue weighted by molar-refractivity contribution is 7.89. The summed E-state index contributed by atoms with van der Waals surface area (Å²) < 4.78 is 26.8. The molecule has 0 bridgehead atoms. The molecule has 0 fully saturated rings. The number of rotatable bonds is 5. The molecule has 2 atom stereocenters. The molecule has 0 aliphatic rings. The zero-order chi connectivity index (χ0) is 14.8. The molecule has 0 aromatic heterocycles. The summed E-state index contributed by atoms with van der Waals surface area (Å²) in [5.41, 5.74) is 6.70. The molecule has 1 aromatic carbocycles. The maximum atomic E-state index is 12.2. The van der Waals surface area contributed by atoms with Gasteiger partial charge in [-0.15, -0.1) is 0 Å². The van der Waals surface area contributed by atoms with Gasteiger partial charge in [0.15, 0.2) is 0 Å². The molecule has 2 unspecified atom stereocenters. The van der Waals surface area contributed by atoms with Crippen molar-refractivity contribution in [3.8, 4) is 0 Å². The third-order valence-electron chi connectivity index (χ3n) is 3.15. The summed E-state index contributed by atoms with van der Waals surface area (Å²) in [4.78, 5) is 0.0255. The van der Waals surface area contributed by atoms with E-state index < -0.39 is 16.1 Å². The lowest BCUT2D eigenvalue weighted by molar-refractivity contribution is 0.216. The first-order valence-electron chi connectivity index (χ1n) is 5.88. The minimum absolute atomic E-state index is 0.0255. The van der Waals surface area contributed by atoms with E-state index in [1.807, 2.05) is 0 Å². The van der Waals surface area contributed by atoms with E-state index in [9.17, 15) is 8.42 Å². The Bertz CT molecular complexity index is 537. The molecule has 0 amide bonds. The number of nitrogens with two attached hydrogens (primary N) is 1. The van der Waals surface area contributed by atoms with Gasteiger partial charge < -0.3 is 10.8 Å². The summed E-state index contributed by atoms with van der Waals surface area (Å²) in [5.74, 6) is -0.187. The number of benzene rings is 1. The van der Waals surface area contributed by atoms with E-state index in [1.165, 1.54) is 12.1 Å². The summed E-state index contributed by atoms with van der Waals surface area (Å²) >= 11 is 5.94. The van der Waals surface area contributed by atoms with Gasteiger partial charge in [0.2, 0.25) is 10.0 Å². The van der Waals surface area contributed by atoms with Crippen LogP contribution in [0, 0.1) is 12.8 Å². The van der Waals surface area contributed by atoms with E-state index in [-0.39, 0.29) is 17.4 Å². The highest BCUT2D eigenvalue weighted by atomic mass is 35.5. The fourth-order valence-electron chi connectivity index (χ4n) is 1.42. The predicted octanol–water partition coefficient (Wildman–Crippen LogP) is 1.53. The predicted molar refractivity (Wildman–Crippen MR) is 76.6 cm³/mol. The van der Waals surface area contributed by atoms with Crippen LogP contribution in [0.15, 0.2) is 17.0 Å². The molecule has 0 saturated carbocycles. The second-order valence-electron chi connectivity index (χ2n) is 4.69. The molecule has 0 spiro atoms. The van der Waals surface area contributed by atoms with Crippen LogP contribution in [0.4, 0.5) is 5.69 Å². The fourth-order valence-corrected chi connectivity index (χ4v) is 3.12. The summed E-state index contributed by atoms with van der Waals surface area (Å²) in [7, 11) is -3.70. The number of aliphatic hydroxyl groups excluding tert-OH is 1. The summed E-state index contributed by atoms with van der Waals surface area (Å²) in [6.07, 6.45) is 0. The first-order chi connectivity index (χ1) is 8.69. The topological polar surface area (TPSA) is 92.4 Å². The van der Waals surface area contributed by atoms with Crippen molar-refractivity contribution in [1.82, 2.24) is 4.72 Å². The lowest BCUT2D eigenvalue weighted by atomic mass is 10.1. The number of anilines is 1. The van der Waals surface area contributed by atoms with Crippen LogP contribution in [-0.4, -0.2) is 26.2 Å². The highest BCUT2D eigenvalue weighted by Crippen LogP contribution is 2.26. The van der Waals surface area contributed by atoms with Crippen LogP contribution in [0.5, 0.6) is 0 Å². The lowest BCUT2D eigenvalue weighted by Gasteiger charge is -2.19. The van der Waals surface area contributed by atoms with Gasteiger partial charge in [-0.3, -0.25) is 0 Å². The number of aliphatic hydroxyl groups is 1. The average molecular weight is 307 g/mol. The van der Waals surface area contributed by atoms with Gasteiger partial charge >= 0.3 is 0 Å². The van der Waals surface area contributed by atoms with Gasteiger partial charge in [0.05, 0.1) is 4.90 Å². The Balaban J connectivity index is 3.08. The number of hydrogen-bond acceptors (Lipinski definition) is 4. The second kappa shape index (κ2) is 6.09. The molecule has 0 saturated heterocycles. The first kappa shape index (κ1) is 16.2. The van der Waals surface area contributed by atoms with Crippen LogP contribution >= 0.6 is 11.6 Å². The molecule has 0 radical (unpaired) electrons. The van der Waals surface area contributed by atoms with Gasteiger partial charge in [0.25, 0.3) is 0 Å². The summed E-state index contributed by atoms with van der Waals surface area (Å²) in [5, 5.41) is 9.33. The number of hydrogen-bond donors (Lipinski definition) is 3. The van der Waals surface area contributed by atoms with Crippen molar-refractivity contribution in [1.29, 1.82) is 0 Å². The molecule has 0 aliphatic heterocycles. The van der Waals surface area contributed by atoms with E-state index >= 15 is 0 Å². The van der Waals surface area contributed by atoms with Gasteiger partial charge in [-0.1, -0.05) is 18.5 Å². The van der Waals surface area contributed by atoms with Crippen molar-refractivity contribution >= 4 is 27.3 Å². The molecular formula is C12H19ClN2O3S. The largest absolute Gasteiger partial charge is 0.398 e. The quantitative estimate of drug-likeness (QED) is 0.719. The molecule has 19 heavy (non-hydrogen) atoms. The smallest absolute Gasteiger partial charge is 0.240 e. The Morgan fingerprint density at radius 3 is 2.47 bits per heavy atom. The van der Waals surface area contributed by atoms with E-state index in [0.717, 1.165) is 0 Å². The van der Waals surface area contributed by atoms with Crippen molar-refractivity contribution in [2.75, 3.05) is 12.3 Å². The van der Waals surface area contributed by atoms with Crippen molar-refractivity contribution in [2.45, 2.75) is 31.7 Å².